The van der Waals surface area contributed by atoms with Crippen LogP contribution in [0, 0.1) is 24.5 Å². The molecule has 0 amide bonds. The van der Waals surface area contributed by atoms with Gasteiger partial charge in [0, 0.05) is 11.6 Å². The summed E-state index contributed by atoms with van der Waals surface area (Å²) in [5.74, 6) is -0.558. The van der Waals surface area contributed by atoms with Gasteiger partial charge in [-0.05, 0) is 37.3 Å². The maximum Gasteiger partial charge on any atom is 0.133 e. The van der Waals surface area contributed by atoms with Gasteiger partial charge in [-0.3, -0.25) is 0 Å². The lowest BCUT2D eigenvalue weighted by Crippen LogP contribution is -2.15. The third-order valence-electron chi connectivity index (χ3n) is 2.75. The minimum Gasteiger partial charge on any atom is -0.324 e. The second kappa shape index (κ2) is 5.39. The van der Waals surface area contributed by atoms with Crippen molar-refractivity contribution in [3.63, 3.8) is 0 Å². The van der Waals surface area contributed by atoms with Gasteiger partial charge in [-0.15, -0.1) is 0 Å². The van der Waals surface area contributed by atoms with Gasteiger partial charge >= 0.3 is 0 Å². The summed E-state index contributed by atoms with van der Waals surface area (Å²) in [6.45, 7) is 5.75. The van der Waals surface area contributed by atoms with E-state index in [0.717, 1.165) is 6.42 Å². The van der Waals surface area contributed by atoms with Crippen LogP contribution in [0.4, 0.5) is 8.78 Å². The molecule has 0 aromatic heterocycles. The van der Waals surface area contributed by atoms with Crippen LogP contribution < -0.4 is 5.73 Å². The molecule has 0 spiro atoms. The van der Waals surface area contributed by atoms with Crippen LogP contribution in [0.5, 0.6) is 0 Å². The van der Waals surface area contributed by atoms with E-state index in [2.05, 4.69) is 13.8 Å². The summed E-state index contributed by atoms with van der Waals surface area (Å²) >= 11 is 0. The third kappa shape index (κ3) is 3.01. The van der Waals surface area contributed by atoms with E-state index in [0.29, 0.717) is 17.9 Å². The Bertz CT molecular complexity index is 361. The molecule has 0 bridgehead atoms. The number of nitrogens with two attached hydrogens (primary N) is 1. The highest BCUT2D eigenvalue weighted by Crippen LogP contribution is 2.25. The van der Waals surface area contributed by atoms with E-state index in [4.69, 9.17) is 5.73 Å². The summed E-state index contributed by atoms with van der Waals surface area (Å²) < 4.78 is 27.2. The first-order valence-corrected chi connectivity index (χ1v) is 5.63. The van der Waals surface area contributed by atoms with Gasteiger partial charge in [0.1, 0.15) is 11.6 Å². The van der Waals surface area contributed by atoms with E-state index in [1.165, 1.54) is 12.1 Å². The van der Waals surface area contributed by atoms with Crippen molar-refractivity contribution in [2.75, 3.05) is 0 Å². The van der Waals surface area contributed by atoms with Gasteiger partial charge in [0.05, 0.1) is 0 Å². The Morgan fingerprint density at radius 2 is 1.81 bits per heavy atom. The first-order valence-electron chi connectivity index (χ1n) is 5.63. The molecule has 1 aromatic rings. The van der Waals surface area contributed by atoms with E-state index in [-0.39, 0.29) is 5.56 Å². The minimum atomic E-state index is -0.553. The van der Waals surface area contributed by atoms with Crippen LogP contribution in [0.2, 0.25) is 0 Å². The van der Waals surface area contributed by atoms with Gasteiger partial charge in [-0.25, -0.2) is 8.78 Å². The molecule has 1 aromatic carbocycles. The number of hydrogen-bond donors (Lipinski definition) is 1. The van der Waals surface area contributed by atoms with Crippen molar-refractivity contribution in [3.8, 4) is 0 Å². The fourth-order valence-electron chi connectivity index (χ4n) is 1.68. The molecular formula is C13H19F2N. The van der Waals surface area contributed by atoms with Gasteiger partial charge in [-0.1, -0.05) is 19.9 Å². The van der Waals surface area contributed by atoms with Gasteiger partial charge in [0.15, 0.2) is 0 Å². The summed E-state index contributed by atoms with van der Waals surface area (Å²) in [6.07, 6.45) is 1.48. The highest BCUT2D eigenvalue weighted by atomic mass is 19.1. The molecule has 1 nitrogen and oxygen atoms in total. The van der Waals surface area contributed by atoms with Crippen LogP contribution in [0.25, 0.3) is 0 Å². The fraction of sp³-hybridized carbons (Fsp3) is 0.538. The molecule has 0 aliphatic carbocycles. The maximum atomic E-state index is 13.7. The molecule has 0 saturated carbocycles. The molecule has 2 N–H and O–H groups in total. The molecule has 0 heterocycles. The average molecular weight is 227 g/mol. The molecule has 0 radical (unpaired) electrons. The summed E-state index contributed by atoms with van der Waals surface area (Å²) in [7, 11) is 0. The van der Waals surface area contributed by atoms with Gasteiger partial charge in [0.2, 0.25) is 0 Å². The van der Waals surface area contributed by atoms with E-state index in [1.807, 2.05) is 0 Å². The Morgan fingerprint density at radius 3 is 2.38 bits per heavy atom. The quantitative estimate of drug-likeness (QED) is 0.833. The monoisotopic (exact) mass is 227 g/mol. The van der Waals surface area contributed by atoms with E-state index in [9.17, 15) is 8.78 Å². The largest absolute Gasteiger partial charge is 0.324 e. The molecule has 90 valence electrons. The highest BCUT2D eigenvalue weighted by Gasteiger charge is 2.18. The smallest absolute Gasteiger partial charge is 0.133 e. The van der Waals surface area contributed by atoms with Crippen LogP contribution in [-0.2, 0) is 0 Å². The second-order valence-corrected chi connectivity index (χ2v) is 4.67. The van der Waals surface area contributed by atoms with Gasteiger partial charge in [0.25, 0.3) is 0 Å². The minimum absolute atomic E-state index is 0.0284. The zero-order valence-electron chi connectivity index (χ0n) is 10.1. The summed E-state index contributed by atoms with van der Waals surface area (Å²) in [5.41, 5.74) is 6.30. The number of benzene rings is 1. The van der Waals surface area contributed by atoms with Crippen LogP contribution in [0.15, 0.2) is 12.1 Å². The molecule has 1 atom stereocenters. The molecule has 0 fully saturated rings. The van der Waals surface area contributed by atoms with Crippen molar-refractivity contribution in [1.29, 1.82) is 0 Å². The van der Waals surface area contributed by atoms with Crippen molar-refractivity contribution >= 4 is 0 Å². The van der Waals surface area contributed by atoms with Crippen LogP contribution >= 0.6 is 0 Å². The molecule has 0 saturated heterocycles. The van der Waals surface area contributed by atoms with E-state index < -0.39 is 17.7 Å². The second-order valence-electron chi connectivity index (χ2n) is 4.67. The predicted octanol–water partition coefficient (Wildman–Crippen LogP) is 3.71. The van der Waals surface area contributed by atoms with Crippen molar-refractivity contribution in [2.45, 2.75) is 39.7 Å². The topological polar surface area (TPSA) is 26.0 Å². The molecule has 1 rings (SSSR count). The molecule has 16 heavy (non-hydrogen) atoms. The Balaban J connectivity index is 2.90. The van der Waals surface area contributed by atoms with Crippen LogP contribution in [0.3, 0.4) is 0 Å². The molecule has 3 heteroatoms. The molecular weight excluding hydrogens is 208 g/mol. The zero-order chi connectivity index (χ0) is 12.3. The van der Waals surface area contributed by atoms with Crippen molar-refractivity contribution in [3.05, 3.63) is 34.9 Å². The lowest BCUT2D eigenvalue weighted by Gasteiger charge is -2.16. The van der Waals surface area contributed by atoms with Gasteiger partial charge in [-0.2, -0.15) is 0 Å². The summed E-state index contributed by atoms with van der Waals surface area (Å²) in [5, 5.41) is 0. The number of hydrogen-bond acceptors (Lipinski definition) is 1. The first kappa shape index (κ1) is 13.1. The fourth-order valence-corrected chi connectivity index (χ4v) is 1.68. The number of aryl methyl sites for hydroxylation is 1. The van der Waals surface area contributed by atoms with Crippen molar-refractivity contribution in [1.82, 2.24) is 0 Å². The Labute approximate surface area is 95.7 Å². The lowest BCUT2D eigenvalue weighted by atomic mass is 9.96. The Kier molecular flexibility index (Phi) is 4.42. The highest BCUT2D eigenvalue weighted by molar-refractivity contribution is 5.28. The van der Waals surface area contributed by atoms with E-state index >= 15 is 0 Å². The SMILES string of the molecule is Cc1ccc(F)c(C(N)CCC(C)C)c1F. The maximum absolute atomic E-state index is 13.7. The van der Waals surface area contributed by atoms with Crippen molar-refractivity contribution < 1.29 is 8.78 Å². The summed E-state index contributed by atoms with van der Waals surface area (Å²) in [4.78, 5) is 0. The Hall–Kier alpha value is -0.960. The van der Waals surface area contributed by atoms with E-state index in [1.54, 1.807) is 6.92 Å². The summed E-state index contributed by atoms with van der Waals surface area (Å²) in [6, 6.07) is 2.16. The number of rotatable bonds is 4. The predicted molar refractivity (Wildman–Crippen MR) is 62.1 cm³/mol. The van der Waals surface area contributed by atoms with Crippen LogP contribution in [0.1, 0.15) is 43.9 Å². The third-order valence-corrected chi connectivity index (χ3v) is 2.75. The normalized spacial score (nSPS) is 13.2. The molecule has 0 aliphatic rings. The standard InChI is InChI=1S/C13H19F2N/c1-8(2)4-7-11(16)12-10(14)6-5-9(3)13(12)15/h5-6,8,11H,4,7,16H2,1-3H3. The number of halogens is 2. The lowest BCUT2D eigenvalue weighted by molar-refractivity contribution is 0.467. The Morgan fingerprint density at radius 1 is 1.19 bits per heavy atom. The molecule has 0 aliphatic heterocycles. The van der Waals surface area contributed by atoms with Crippen LogP contribution in [-0.4, -0.2) is 0 Å². The molecule has 1 unspecified atom stereocenters. The zero-order valence-corrected chi connectivity index (χ0v) is 10.1. The first-order chi connectivity index (χ1) is 7.43. The van der Waals surface area contributed by atoms with Crippen molar-refractivity contribution in [2.24, 2.45) is 11.7 Å². The average Bonchev–Trinajstić information content (AvgIpc) is 2.21. The van der Waals surface area contributed by atoms with Gasteiger partial charge < -0.3 is 5.73 Å².